The summed E-state index contributed by atoms with van der Waals surface area (Å²) < 4.78 is 7.14. The van der Waals surface area contributed by atoms with Crippen LogP contribution in [0, 0.1) is 5.92 Å². The summed E-state index contributed by atoms with van der Waals surface area (Å²) in [6, 6.07) is 12.1. The van der Waals surface area contributed by atoms with Crippen molar-refractivity contribution < 1.29 is 9.53 Å². The second-order valence-electron chi connectivity index (χ2n) is 7.65. The largest absolute Gasteiger partial charge is 0.460 e. The van der Waals surface area contributed by atoms with Crippen molar-refractivity contribution in [2.24, 2.45) is 5.92 Å². The van der Waals surface area contributed by atoms with Gasteiger partial charge in [-0.05, 0) is 36.1 Å². The molecule has 0 saturated heterocycles. The van der Waals surface area contributed by atoms with Crippen molar-refractivity contribution in [3.8, 4) is 11.4 Å². The van der Waals surface area contributed by atoms with Crippen molar-refractivity contribution in [3.63, 3.8) is 0 Å². The number of carbonyl (C=O) groups excluding carboxylic acids is 1. The van der Waals surface area contributed by atoms with Crippen molar-refractivity contribution in [1.82, 2.24) is 9.55 Å². The topological polar surface area (TPSA) is 61.2 Å². The van der Waals surface area contributed by atoms with E-state index in [1.54, 1.807) is 4.57 Å². The molecule has 1 aromatic carbocycles. The molecule has 2 aliphatic heterocycles. The maximum absolute atomic E-state index is 13.1. The molecule has 2 atom stereocenters. The molecule has 0 radical (unpaired) electrons. The van der Waals surface area contributed by atoms with Crippen LogP contribution in [-0.4, -0.2) is 15.5 Å². The Morgan fingerprint density at radius 2 is 2.04 bits per heavy atom. The Morgan fingerprint density at radius 1 is 1.23 bits per heavy atom. The average Bonchev–Trinajstić information content (AvgIpc) is 3.18. The van der Waals surface area contributed by atoms with Crippen LogP contribution in [0.15, 0.2) is 41.2 Å². The molecule has 5 nitrogen and oxygen atoms in total. The zero-order chi connectivity index (χ0) is 17.6. The molecule has 128 valence electrons. The Labute approximate surface area is 149 Å². The van der Waals surface area contributed by atoms with E-state index in [2.05, 4.69) is 6.07 Å². The number of cyclic esters (lactones) is 1. The molecule has 4 heterocycles. The molecule has 0 amide bonds. The summed E-state index contributed by atoms with van der Waals surface area (Å²) in [6.07, 6.45) is 0.750. The number of ether oxygens (including phenoxy) is 1. The number of pyridine rings is 2. The van der Waals surface area contributed by atoms with Gasteiger partial charge in [0.05, 0.1) is 34.4 Å². The molecule has 0 N–H and O–H groups in total. The van der Waals surface area contributed by atoms with Gasteiger partial charge in [-0.1, -0.05) is 25.1 Å². The molecule has 1 fully saturated rings. The summed E-state index contributed by atoms with van der Waals surface area (Å²) in [5.74, 6) is 0.0217. The normalized spacial score (nSPS) is 25.0. The number of nitrogens with zero attached hydrogens (tertiary/aromatic N) is 2. The van der Waals surface area contributed by atoms with E-state index in [4.69, 9.17) is 9.72 Å². The SMILES string of the molecule is CC1CC12C(=O)OCc1c2cc2n(c1=O)Cc1cc3ccccc3nc1-2. The van der Waals surface area contributed by atoms with E-state index in [-0.39, 0.29) is 24.1 Å². The molecule has 1 aliphatic carbocycles. The van der Waals surface area contributed by atoms with Crippen LogP contribution in [0.1, 0.15) is 30.0 Å². The number of fused-ring (bicyclic) bond motifs is 6. The first kappa shape index (κ1) is 14.2. The van der Waals surface area contributed by atoms with Gasteiger partial charge in [0, 0.05) is 10.9 Å². The van der Waals surface area contributed by atoms with E-state index < -0.39 is 5.41 Å². The van der Waals surface area contributed by atoms with E-state index in [1.807, 2.05) is 37.3 Å². The van der Waals surface area contributed by atoms with Crippen LogP contribution in [0.25, 0.3) is 22.3 Å². The maximum Gasteiger partial charge on any atom is 0.317 e. The highest BCUT2D eigenvalue weighted by molar-refractivity contribution is 5.90. The summed E-state index contributed by atoms with van der Waals surface area (Å²) in [5.41, 5.74) is 4.46. The first-order valence-corrected chi connectivity index (χ1v) is 8.93. The summed E-state index contributed by atoms with van der Waals surface area (Å²) in [5, 5.41) is 1.07. The minimum Gasteiger partial charge on any atom is -0.460 e. The van der Waals surface area contributed by atoms with Crippen molar-refractivity contribution in [2.75, 3.05) is 0 Å². The van der Waals surface area contributed by atoms with Gasteiger partial charge >= 0.3 is 5.97 Å². The second-order valence-corrected chi connectivity index (χ2v) is 7.65. The van der Waals surface area contributed by atoms with Gasteiger partial charge in [0.2, 0.25) is 0 Å². The Kier molecular flexibility index (Phi) is 2.42. The number of hydrogen-bond donors (Lipinski definition) is 0. The highest BCUT2D eigenvalue weighted by Gasteiger charge is 2.62. The first-order chi connectivity index (χ1) is 12.6. The molecule has 0 bridgehead atoms. The third-order valence-corrected chi connectivity index (χ3v) is 6.28. The standard InChI is InChI=1S/C21H16N2O3/c1-11-8-21(11)15-7-17-18-13(6-12-4-2-3-5-16(12)22-18)9-23(17)19(24)14(15)10-26-20(21)25/h2-7,11H,8-10H2,1H3. The highest BCUT2D eigenvalue weighted by atomic mass is 16.5. The zero-order valence-corrected chi connectivity index (χ0v) is 14.3. The van der Waals surface area contributed by atoms with E-state index in [9.17, 15) is 9.59 Å². The number of hydrogen-bond acceptors (Lipinski definition) is 4. The quantitative estimate of drug-likeness (QED) is 0.460. The van der Waals surface area contributed by atoms with Crippen molar-refractivity contribution in [2.45, 2.75) is 31.9 Å². The fraction of sp³-hybridized carbons (Fsp3) is 0.286. The summed E-state index contributed by atoms with van der Waals surface area (Å²) >= 11 is 0. The molecule has 6 rings (SSSR count). The lowest BCUT2D eigenvalue weighted by Gasteiger charge is -2.25. The van der Waals surface area contributed by atoms with Gasteiger partial charge in [0.1, 0.15) is 6.61 Å². The molecular weight excluding hydrogens is 328 g/mol. The maximum atomic E-state index is 13.1. The molecule has 1 spiro atoms. The van der Waals surface area contributed by atoms with Crippen molar-refractivity contribution >= 4 is 16.9 Å². The van der Waals surface area contributed by atoms with Crippen LogP contribution in [0.4, 0.5) is 0 Å². The summed E-state index contributed by atoms with van der Waals surface area (Å²) in [7, 11) is 0. The van der Waals surface area contributed by atoms with E-state index in [0.29, 0.717) is 12.1 Å². The highest BCUT2D eigenvalue weighted by Crippen LogP contribution is 2.57. The lowest BCUT2D eigenvalue weighted by molar-refractivity contribution is -0.150. The first-order valence-electron chi connectivity index (χ1n) is 8.93. The van der Waals surface area contributed by atoms with Gasteiger partial charge < -0.3 is 9.30 Å². The number of para-hydroxylation sites is 1. The zero-order valence-electron chi connectivity index (χ0n) is 14.3. The third-order valence-electron chi connectivity index (χ3n) is 6.28. The van der Waals surface area contributed by atoms with E-state index >= 15 is 0 Å². The van der Waals surface area contributed by atoms with Crippen LogP contribution >= 0.6 is 0 Å². The van der Waals surface area contributed by atoms with Gasteiger partial charge in [-0.3, -0.25) is 9.59 Å². The van der Waals surface area contributed by atoms with Gasteiger partial charge in [-0.25, -0.2) is 4.98 Å². The van der Waals surface area contributed by atoms with Gasteiger partial charge in [0.15, 0.2) is 0 Å². The Morgan fingerprint density at radius 3 is 2.85 bits per heavy atom. The van der Waals surface area contributed by atoms with E-state index in [0.717, 1.165) is 39.8 Å². The van der Waals surface area contributed by atoms with Crippen molar-refractivity contribution in [3.05, 3.63) is 63.4 Å². The number of rotatable bonds is 0. The minimum absolute atomic E-state index is 0.0504. The minimum atomic E-state index is -0.623. The molecule has 26 heavy (non-hydrogen) atoms. The molecule has 2 aromatic heterocycles. The van der Waals surface area contributed by atoms with Crippen LogP contribution in [0.2, 0.25) is 0 Å². The predicted octanol–water partition coefficient (Wildman–Crippen LogP) is 2.76. The lowest BCUT2D eigenvalue weighted by Crippen LogP contribution is -2.37. The molecule has 2 unspecified atom stereocenters. The molecule has 1 saturated carbocycles. The Balaban J connectivity index is 1.65. The fourth-order valence-corrected chi connectivity index (χ4v) is 4.71. The second kappa shape index (κ2) is 4.41. The monoisotopic (exact) mass is 344 g/mol. The van der Waals surface area contributed by atoms with Gasteiger partial charge in [-0.2, -0.15) is 0 Å². The van der Waals surface area contributed by atoms with Crippen LogP contribution in [-0.2, 0) is 28.1 Å². The lowest BCUT2D eigenvalue weighted by atomic mass is 9.87. The summed E-state index contributed by atoms with van der Waals surface area (Å²) in [4.78, 5) is 30.4. The smallest absolute Gasteiger partial charge is 0.317 e. The molecule has 3 aromatic rings. The van der Waals surface area contributed by atoms with Crippen LogP contribution in [0.3, 0.4) is 0 Å². The number of aromatic nitrogens is 2. The predicted molar refractivity (Wildman–Crippen MR) is 95.8 cm³/mol. The third kappa shape index (κ3) is 1.54. The number of carbonyl (C=O) groups is 1. The summed E-state index contributed by atoms with van der Waals surface area (Å²) in [6.45, 7) is 2.64. The molecule has 3 aliphatic rings. The molecule has 5 heteroatoms. The van der Waals surface area contributed by atoms with Gasteiger partial charge in [-0.15, -0.1) is 0 Å². The van der Waals surface area contributed by atoms with Crippen LogP contribution in [0.5, 0.6) is 0 Å². The molecular formula is C21H16N2O3. The number of benzene rings is 1. The average molecular weight is 344 g/mol. The van der Waals surface area contributed by atoms with Crippen molar-refractivity contribution in [1.29, 1.82) is 0 Å². The van der Waals surface area contributed by atoms with Crippen LogP contribution < -0.4 is 5.56 Å². The number of esters is 1. The Bertz CT molecular complexity index is 1210. The van der Waals surface area contributed by atoms with E-state index in [1.165, 1.54) is 0 Å². The van der Waals surface area contributed by atoms with Gasteiger partial charge in [0.25, 0.3) is 5.56 Å². The Hall–Kier alpha value is -2.95. The fourth-order valence-electron chi connectivity index (χ4n) is 4.71.